The summed E-state index contributed by atoms with van der Waals surface area (Å²) >= 11 is 0. The molecule has 0 aromatic heterocycles. The van der Waals surface area contributed by atoms with E-state index in [4.69, 9.17) is 14.7 Å². The Morgan fingerprint density at radius 1 is 1.41 bits per heavy atom. The first-order valence-electron chi connectivity index (χ1n) is 5.57. The third-order valence-electron chi connectivity index (χ3n) is 2.66. The Morgan fingerprint density at radius 2 is 2.18 bits per heavy atom. The predicted octanol–water partition coefficient (Wildman–Crippen LogP) is 1.91. The summed E-state index contributed by atoms with van der Waals surface area (Å²) in [6.07, 6.45) is 0.979. The van der Waals surface area contributed by atoms with Crippen molar-refractivity contribution in [2.45, 2.75) is 25.0 Å². The Kier molecular flexibility index (Phi) is 3.73. The highest BCUT2D eigenvalue weighted by molar-refractivity contribution is 5.89. The fourth-order valence-corrected chi connectivity index (χ4v) is 1.75. The van der Waals surface area contributed by atoms with E-state index in [-0.39, 0.29) is 24.8 Å². The molecule has 1 heterocycles. The van der Waals surface area contributed by atoms with Crippen LogP contribution in [-0.2, 0) is 9.47 Å². The Bertz CT molecular complexity index is 424. The van der Waals surface area contributed by atoms with Crippen molar-refractivity contribution in [3.63, 3.8) is 0 Å². The predicted molar refractivity (Wildman–Crippen MR) is 60.2 cm³/mol. The van der Waals surface area contributed by atoms with E-state index in [2.05, 4.69) is 6.07 Å². The lowest BCUT2D eigenvalue weighted by Gasteiger charge is -2.10. The molecule has 2 atom stereocenters. The molecule has 1 fully saturated rings. The fraction of sp³-hybridized carbons (Fsp3) is 0.385. The van der Waals surface area contributed by atoms with Crippen molar-refractivity contribution in [2.75, 3.05) is 6.61 Å². The molecular formula is C13H13NO3. The number of nitrogens with zero attached hydrogens (tertiary/aromatic N) is 1. The molecule has 1 aliphatic rings. The maximum absolute atomic E-state index is 11.6. The fourth-order valence-electron chi connectivity index (χ4n) is 1.75. The van der Waals surface area contributed by atoms with Crippen molar-refractivity contribution >= 4 is 5.97 Å². The normalized spacial score (nSPS) is 23.0. The van der Waals surface area contributed by atoms with E-state index in [0.29, 0.717) is 12.0 Å². The Morgan fingerprint density at radius 3 is 2.82 bits per heavy atom. The molecule has 1 unspecified atom stereocenters. The van der Waals surface area contributed by atoms with Crippen LogP contribution in [0.1, 0.15) is 23.2 Å². The molecule has 1 aromatic rings. The largest absolute Gasteiger partial charge is 0.459 e. The van der Waals surface area contributed by atoms with Gasteiger partial charge in [0.25, 0.3) is 0 Å². The maximum Gasteiger partial charge on any atom is 0.338 e. The third kappa shape index (κ3) is 3.05. The van der Waals surface area contributed by atoms with E-state index in [1.54, 1.807) is 24.3 Å². The third-order valence-corrected chi connectivity index (χ3v) is 2.66. The smallest absolute Gasteiger partial charge is 0.338 e. The maximum atomic E-state index is 11.6. The summed E-state index contributed by atoms with van der Waals surface area (Å²) < 4.78 is 10.5. The highest BCUT2D eigenvalue weighted by Crippen LogP contribution is 2.19. The number of ether oxygens (including phenoxy) is 2. The van der Waals surface area contributed by atoms with E-state index in [9.17, 15) is 4.79 Å². The summed E-state index contributed by atoms with van der Waals surface area (Å²) in [4.78, 5) is 11.6. The van der Waals surface area contributed by atoms with E-state index in [1.807, 2.05) is 6.07 Å². The van der Waals surface area contributed by atoms with E-state index < -0.39 is 0 Å². The Balaban J connectivity index is 1.80. The van der Waals surface area contributed by atoms with Gasteiger partial charge < -0.3 is 9.47 Å². The van der Waals surface area contributed by atoms with Gasteiger partial charge in [0.05, 0.1) is 17.7 Å². The van der Waals surface area contributed by atoms with Gasteiger partial charge in [0.1, 0.15) is 12.7 Å². The Hall–Kier alpha value is -1.86. The summed E-state index contributed by atoms with van der Waals surface area (Å²) in [5.74, 6) is -0.352. The van der Waals surface area contributed by atoms with Gasteiger partial charge in [-0.25, -0.2) is 4.79 Å². The lowest BCUT2D eigenvalue weighted by Crippen LogP contribution is -2.19. The van der Waals surface area contributed by atoms with Gasteiger partial charge in [0.15, 0.2) is 0 Å². The number of carbonyl (C=O) groups is 1. The van der Waals surface area contributed by atoms with Crippen molar-refractivity contribution in [3.05, 3.63) is 35.9 Å². The summed E-state index contributed by atoms with van der Waals surface area (Å²) in [6.45, 7) is 0.214. The first kappa shape index (κ1) is 11.6. The van der Waals surface area contributed by atoms with Crippen molar-refractivity contribution in [1.29, 1.82) is 5.26 Å². The molecule has 0 radical (unpaired) electrons. The standard InChI is InChI=1S/C13H13NO3/c14-8-11-6-7-12(17-11)9-16-13(15)10-4-2-1-3-5-10/h1-5,11-12H,6-7,9H2/t11?,12-/m1/s1. The molecule has 1 saturated heterocycles. The zero-order chi connectivity index (χ0) is 12.1. The van der Waals surface area contributed by atoms with Crippen LogP contribution in [0.2, 0.25) is 0 Å². The van der Waals surface area contributed by atoms with Crippen molar-refractivity contribution in [3.8, 4) is 6.07 Å². The lowest BCUT2D eigenvalue weighted by atomic mass is 10.2. The first-order valence-corrected chi connectivity index (χ1v) is 5.57. The first-order chi connectivity index (χ1) is 8.29. The SMILES string of the molecule is N#CC1CC[C@H](COC(=O)c2ccccc2)O1. The van der Waals surface area contributed by atoms with Crippen LogP contribution >= 0.6 is 0 Å². The molecule has 1 aliphatic heterocycles. The Labute approximate surface area is 99.8 Å². The van der Waals surface area contributed by atoms with Crippen LogP contribution in [0.5, 0.6) is 0 Å². The summed E-state index contributed by atoms with van der Waals surface area (Å²) in [5, 5.41) is 8.66. The molecule has 4 nitrogen and oxygen atoms in total. The van der Waals surface area contributed by atoms with Gasteiger partial charge in [0.2, 0.25) is 0 Å². The lowest BCUT2D eigenvalue weighted by molar-refractivity contribution is 0.00504. The molecule has 0 bridgehead atoms. The van der Waals surface area contributed by atoms with Gasteiger partial charge in [-0.3, -0.25) is 0 Å². The van der Waals surface area contributed by atoms with Crippen LogP contribution in [0.3, 0.4) is 0 Å². The minimum absolute atomic E-state index is 0.146. The van der Waals surface area contributed by atoms with Gasteiger partial charge >= 0.3 is 5.97 Å². The zero-order valence-corrected chi connectivity index (χ0v) is 9.33. The van der Waals surface area contributed by atoms with E-state index in [1.165, 1.54) is 0 Å². The highest BCUT2D eigenvalue weighted by Gasteiger charge is 2.26. The number of hydrogen-bond donors (Lipinski definition) is 0. The van der Waals surface area contributed by atoms with Crippen LogP contribution < -0.4 is 0 Å². The van der Waals surface area contributed by atoms with E-state index >= 15 is 0 Å². The quantitative estimate of drug-likeness (QED) is 0.745. The second-order valence-electron chi connectivity index (χ2n) is 3.92. The number of nitriles is 1. The zero-order valence-electron chi connectivity index (χ0n) is 9.33. The second kappa shape index (κ2) is 5.46. The van der Waals surface area contributed by atoms with Gasteiger partial charge in [-0.05, 0) is 25.0 Å². The van der Waals surface area contributed by atoms with Crippen molar-refractivity contribution in [2.24, 2.45) is 0 Å². The van der Waals surface area contributed by atoms with Crippen LogP contribution in [-0.4, -0.2) is 24.8 Å². The highest BCUT2D eigenvalue weighted by atomic mass is 16.6. The molecule has 88 valence electrons. The molecule has 2 rings (SSSR count). The second-order valence-corrected chi connectivity index (χ2v) is 3.92. The molecule has 4 heteroatoms. The van der Waals surface area contributed by atoms with Crippen LogP contribution in [0.25, 0.3) is 0 Å². The number of carbonyl (C=O) groups excluding carboxylic acids is 1. The number of benzene rings is 1. The summed E-state index contributed by atoms with van der Waals surface area (Å²) in [5.41, 5.74) is 0.530. The van der Waals surface area contributed by atoms with Crippen LogP contribution in [0, 0.1) is 11.3 Å². The minimum Gasteiger partial charge on any atom is -0.459 e. The molecule has 0 amide bonds. The molecule has 17 heavy (non-hydrogen) atoms. The molecular weight excluding hydrogens is 218 g/mol. The van der Waals surface area contributed by atoms with Gasteiger partial charge in [-0.2, -0.15) is 5.26 Å². The number of rotatable bonds is 3. The molecule has 1 aromatic carbocycles. The average molecular weight is 231 g/mol. The van der Waals surface area contributed by atoms with E-state index in [0.717, 1.165) is 6.42 Å². The topological polar surface area (TPSA) is 59.3 Å². The molecule has 0 saturated carbocycles. The monoisotopic (exact) mass is 231 g/mol. The van der Waals surface area contributed by atoms with Gasteiger partial charge in [-0.15, -0.1) is 0 Å². The molecule has 0 aliphatic carbocycles. The van der Waals surface area contributed by atoms with Crippen LogP contribution in [0.15, 0.2) is 30.3 Å². The van der Waals surface area contributed by atoms with Gasteiger partial charge in [0, 0.05) is 0 Å². The molecule has 0 spiro atoms. The summed E-state index contributed by atoms with van der Waals surface area (Å²) in [7, 11) is 0. The minimum atomic E-state index is -0.352. The van der Waals surface area contributed by atoms with Crippen molar-refractivity contribution in [1.82, 2.24) is 0 Å². The summed E-state index contributed by atoms with van der Waals surface area (Å²) in [6, 6.07) is 10.9. The average Bonchev–Trinajstić information content (AvgIpc) is 2.85. The van der Waals surface area contributed by atoms with Crippen LogP contribution in [0.4, 0.5) is 0 Å². The van der Waals surface area contributed by atoms with Crippen molar-refractivity contribution < 1.29 is 14.3 Å². The number of hydrogen-bond acceptors (Lipinski definition) is 4. The number of esters is 1. The van der Waals surface area contributed by atoms with Gasteiger partial charge in [-0.1, -0.05) is 18.2 Å². The molecule has 0 N–H and O–H groups in total.